The van der Waals surface area contributed by atoms with Crippen molar-refractivity contribution in [2.75, 3.05) is 13.2 Å². The number of ether oxygens (including phenoxy) is 3. The minimum atomic E-state index is -0.774. The predicted octanol–water partition coefficient (Wildman–Crippen LogP) is 2.29. The Morgan fingerprint density at radius 1 is 1.25 bits per heavy atom. The molecule has 0 radical (unpaired) electrons. The standard InChI is InChI=1S/C15H19NO4/c1-11(2)18-8-9-19-15(17)12(3)20-14-7-5-4-6-13(14)10-16/h4-7,11-12H,8-9H2,1-3H3. The lowest BCUT2D eigenvalue weighted by Crippen LogP contribution is -2.27. The Hall–Kier alpha value is -2.06. The first-order valence-electron chi connectivity index (χ1n) is 6.48. The first-order chi connectivity index (χ1) is 9.54. The highest BCUT2D eigenvalue weighted by molar-refractivity contribution is 5.74. The van der Waals surface area contributed by atoms with Gasteiger partial charge in [-0.25, -0.2) is 4.79 Å². The summed E-state index contributed by atoms with van der Waals surface area (Å²) < 4.78 is 15.7. The van der Waals surface area contributed by atoms with E-state index in [0.717, 1.165) is 0 Å². The Balaban J connectivity index is 2.44. The molecule has 0 aliphatic carbocycles. The third kappa shape index (κ3) is 5.29. The van der Waals surface area contributed by atoms with Gasteiger partial charge in [0, 0.05) is 0 Å². The Kier molecular flexibility index (Phi) is 6.54. The van der Waals surface area contributed by atoms with Gasteiger partial charge >= 0.3 is 5.97 Å². The molecule has 5 nitrogen and oxygen atoms in total. The van der Waals surface area contributed by atoms with Gasteiger partial charge in [-0.05, 0) is 32.9 Å². The van der Waals surface area contributed by atoms with Gasteiger partial charge in [0.2, 0.25) is 0 Å². The Bertz CT molecular complexity index is 479. The van der Waals surface area contributed by atoms with Gasteiger partial charge in [0.15, 0.2) is 6.10 Å². The summed E-state index contributed by atoms with van der Waals surface area (Å²) in [5.74, 6) is -0.108. The fraction of sp³-hybridized carbons (Fsp3) is 0.467. The molecule has 0 bridgehead atoms. The average molecular weight is 277 g/mol. The molecule has 0 spiro atoms. The first kappa shape index (κ1) is 16.0. The molecule has 0 fully saturated rings. The lowest BCUT2D eigenvalue weighted by Gasteiger charge is -2.15. The largest absolute Gasteiger partial charge is 0.478 e. The van der Waals surface area contributed by atoms with Crippen LogP contribution in [0.25, 0.3) is 0 Å². The highest BCUT2D eigenvalue weighted by Crippen LogP contribution is 2.18. The van der Waals surface area contributed by atoms with Crippen LogP contribution in [0.1, 0.15) is 26.3 Å². The second-order valence-electron chi connectivity index (χ2n) is 4.46. The predicted molar refractivity (Wildman–Crippen MR) is 73.3 cm³/mol. The van der Waals surface area contributed by atoms with Crippen molar-refractivity contribution >= 4 is 5.97 Å². The van der Waals surface area contributed by atoms with E-state index in [1.807, 2.05) is 19.9 Å². The molecule has 0 aromatic heterocycles. The summed E-state index contributed by atoms with van der Waals surface area (Å²) in [6, 6.07) is 8.75. The van der Waals surface area contributed by atoms with Crippen molar-refractivity contribution in [1.82, 2.24) is 0 Å². The smallest absolute Gasteiger partial charge is 0.347 e. The van der Waals surface area contributed by atoms with Crippen molar-refractivity contribution in [3.8, 4) is 11.8 Å². The van der Waals surface area contributed by atoms with Crippen LogP contribution in [0.2, 0.25) is 0 Å². The summed E-state index contributed by atoms with van der Waals surface area (Å²) in [6.45, 7) is 5.94. The molecule has 20 heavy (non-hydrogen) atoms. The van der Waals surface area contributed by atoms with E-state index in [9.17, 15) is 4.79 Å². The SMILES string of the molecule is CC(C)OCCOC(=O)C(C)Oc1ccccc1C#N. The maximum Gasteiger partial charge on any atom is 0.347 e. The van der Waals surface area contributed by atoms with Crippen LogP contribution in [-0.2, 0) is 14.3 Å². The summed E-state index contributed by atoms with van der Waals surface area (Å²) in [7, 11) is 0. The molecule has 0 aliphatic heterocycles. The van der Waals surface area contributed by atoms with E-state index in [4.69, 9.17) is 19.5 Å². The van der Waals surface area contributed by atoms with E-state index in [0.29, 0.717) is 17.9 Å². The molecule has 1 aromatic carbocycles. The fourth-order valence-electron chi connectivity index (χ4n) is 1.44. The van der Waals surface area contributed by atoms with Gasteiger partial charge in [-0.15, -0.1) is 0 Å². The molecular weight excluding hydrogens is 258 g/mol. The van der Waals surface area contributed by atoms with E-state index in [2.05, 4.69) is 0 Å². The van der Waals surface area contributed by atoms with E-state index in [1.54, 1.807) is 31.2 Å². The van der Waals surface area contributed by atoms with Crippen LogP contribution < -0.4 is 4.74 Å². The molecule has 1 unspecified atom stereocenters. The van der Waals surface area contributed by atoms with Gasteiger partial charge in [0.25, 0.3) is 0 Å². The van der Waals surface area contributed by atoms with Crippen molar-refractivity contribution in [3.63, 3.8) is 0 Å². The normalized spacial score (nSPS) is 11.8. The van der Waals surface area contributed by atoms with Crippen LogP contribution in [0.15, 0.2) is 24.3 Å². The lowest BCUT2D eigenvalue weighted by molar-refractivity contribution is -0.153. The number of carbonyl (C=O) groups excluding carboxylic acids is 1. The van der Waals surface area contributed by atoms with Crippen LogP contribution in [0.3, 0.4) is 0 Å². The third-order valence-electron chi connectivity index (χ3n) is 2.42. The van der Waals surface area contributed by atoms with Crippen molar-refractivity contribution in [1.29, 1.82) is 5.26 Å². The number of carbonyl (C=O) groups is 1. The number of para-hydroxylation sites is 1. The summed E-state index contributed by atoms with van der Waals surface area (Å²) in [5, 5.41) is 8.93. The molecule has 108 valence electrons. The minimum absolute atomic E-state index is 0.102. The zero-order chi connectivity index (χ0) is 15.0. The second-order valence-corrected chi connectivity index (χ2v) is 4.46. The number of esters is 1. The first-order valence-corrected chi connectivity index (χ1v) is 6.48. The van der Waals surface area contributed by atoms with Gasteiger partial charge in [0.05, 0.1) is 18.3 Å². The van der Waals surface area contributed by atoms with E-state index >= 15 is 0 Å². The fourth-order valence-corrected chi connectivity index (χ4v) is 1.44. The van der Waals surface area contributed by atoms with Gasteiger partial charge in [0.1, 0.15) is 18.4 Å². The molecule has 1 aromatic rings. The molecule has 1 atom stereocenters. The van der Waals surface area contributed by atoms with Crippen LogP contribution in [0.5, 0.6) is 5.75 Å². The zero-order valence-corrected chi connectivity index (χ0v) is 12.0. The van der Waals surface area contributed by atoms with Crippen molar-refractivity contribution in [3.05, 3.63) is 29.8 Å². The van der Waals surface area contributed by atoms with E-state index in [-0.39, 0.29) is 12.7 Å². The number of hydrogen-bond acceptors (Lipinski definition) is 5. The maximum absolute atomic E-state index is 11.7. The molecule has 0 aliphatic rings. The maximum atomic E-state index is 11.7. The summed E-state index contributed by atoms with van der Waals surface area (Å²) in [6.07, 6.45) is -0.673. The highest BCUT2D eigenvalue weighted by atomic mass is 16.6. The molecular formula is C15H19NO4. The number of rotatable bonds is 7. The van der Waals surface area contributed by atoms with Gasteiger partial charge in [-0.1, -0.05) is 12.1 Å². The molecule has 0 N–H and O–H groups in total. The molecule has 0 saturated heterocycles. The monoisotopic (exact) mass is 277 g/mol. The number of benzene rings is 1. The highest BCUT2D eigenvalue weighted by Gasteiger charge is 2.17. The second kappa shape index (κ2) is 8.18. The van der Waals surface area contributed by atoms with Crippen molar-refractivity contribution in [2.24, 2.45) is 0 Å². The third-order valence-corrected chi connectivity index (χ3v) is 2.42. The molecule has 0 heterocycles. The number of nitriles is 1. The van der Waals surface area contributed by atoms with Crippen molar-refractivity contribution < 1.29 is 19.0 Å². The minimum Gasteiger partial charge on any atom is -0.478 e. The topological polar surface area (TPSA) is 68.6 Å². The van der Waals surface area contributed by atoms with Crippen LogP contribution >= 0.6 is 0 Å². The number of nitrogens with zero attached hydrogens (tertiary/aromatic N) is 1. The number of hydrogen-bond donors (Lipinski definition) is 0. The zero-order valence-electron chi connectivity index (χ0n) is 12.0. The summed E-state index contributed by atoms with van der Waals surface area (Å²) in [4.78, 5) is 11.7. The van der Waals surface area contributed by atoms with Crippen LogP contribution in [0.4, 0.5) is 0 Å². The van der Waals surface area contributed by atoms with Crippen LogP contribution in [-0.4, -0.2) is 31.4 Å². The summed E-state index contributed by atoms with van der Waals surface area (Å²) in [5.41, 5.74) is 0.385. The van der Waals surface area contributed by atoms with E-state index < -0.39 is 12.1 Å². The Morgan fingerprint density at radius 2 is 1.95 bits per heavy atom. The van der Waals surface area contributed by atoms with Gasteiger partial charge in [-0.3, -0.25) is 0 Å². The summed E-state index contributed by atoms with van der Waals surface area (Å²) >= 11 is 0. The van der Waals surface area contributed by atoms with Gasteiger partial charge < -0.3 is 14.2 Å². The average Bonchev–Trinajstić information content (AvgIpc) is 2.43. The van der Waals surface area contributed by atoms with Crippen LogP contribution in [0, 0.1) is 11.3 Å². The molecule has 0 amide bonds. The lowest BCUT2D eigenvalue weighted by atomic mass is 10.2. The Morgan fingerprint density at radius 3 is 2.60 bits per heavy atom. The Labute approximate surface area is 119 Å². The van der Waals surface area contributed by atoms with Crippen molar-refractivity contribution in [2.45, 2.75) is 33.0 Å². The van der Waals surface area contributed by atoms with Gasteiger partial charge in [-0.2, -0.15) is 5.26 Å². The quantitative estimate of drug-likeness (QED) is 0.565. The molecule has 1 rings (SSSR count). The van der Waals surface area contributed by atoms with E-state index in [1.165, 1.54) is 0 Å². The molecule has 5 heteroatoms. The molecule has 0 saturated carbocycles.